The van der Waals surface area contributed by atoms with E-state index >= 15 is 0 Å². The maximum absolute atomic E-state index is 13.6. The summed E-state index contributed by atoms with van der Waals surface area (Å²) in [7, 11) is 0. The molecule has 0 spiro atoms. The van der Waals surface area contributed by atoms with E-state index in [0.717, 1.165) is 0 Å². The first-order valence-corrected chi connectivity index (χ1v) is 4.88. The van der Waals surface area contributed by atoms with Gasteiger partial charge in [0.1, 0.15) is 18.5 Å². The van der Waals surface area contributed by atoms with Crippen molar-refractivity contribution in [3.05, 3.63) is 34.6 Å². The Morgan fingerprint density at radius 2 is 2.33 bits per heavy atom. The van der Waals surface area contributed by atoms with Crippen LogP contribution in [-0.4, -0.2) is 19.1 Å². The summed E-state index contributed by atoms with van der Waals surface area (Å²) in [5.41, 5.74) is 0.377. The van der Waals surface area contributed by atoms with Crippen molar-refractivity contribution < 1.29 is 13.9 Å². The van der Waals surface area contributed by atoms with Crippen LogP contribution in [0.25, 0.3) is 0 Å². The first-order valence-electron chi connectivity index (χ1n) is 4.50. The third-order valence-corrected chi connectivity index (χ3v) is 2.52. The van der Waals surface area contributed by atoms with Crippen LogP contribution in [0.3, 0.4) is 0 Å². The molecule has 1 aliphatic heterocycles. The SMILES string of the molecule is O=C1COC(c2cccc(Cl)c2F)CN1. The molecule has 1 heterocycles. The summed E-state index contributed by atoms with van der Waals surface area (Å²) in [5, 5.41) is 2.67. The number of carbonyl (C=O) groups is 1. The second-order valence-electron chi connectivity index (χ2n) is 3.25. The minimum atomic E-state index is -0.486. The van der Waals surface area contributed by atoms with Crippen LogP contribution in [0.15, 0.2) is 18.2 Å². The van der Waals surface area contributed by atoms with E-state index in [2.05, 4.69) is 5.32 Å². The Morgan fingerprint density at radius 3 is 3.00 bits per heavy atom. The van der Waals surface area contributed by atoms with Gasteiger partial charge in [0.15, 0.2) is 0 Å². The number of nitrogens with one attached hydrogen (secondary N) is 1. The van der Waals surface area contributed by atoms with Gasteiger partial charge in [-0.15, -0.1) is 0 Å². The van der Waals surface area contributed by atoms with Crippen LogP contribution in [0.1, 0.15) is 11.7 Å². The minimum absolute atomic E-state index is 0.0450. The van der Waals surface area contributed by atoms with E-state index in [9.17, 15) is 9.18 Å². The number of hydrogen-bond donors (Lipinski definition) is 1. The molecule has 0 bridgehead atoms. The Bertz CT molecular complexity index is 387. The molecule has 1 aliphatic rings. The molecule has 1 aromatic rings. The monoisotopic (exact) mass is 229 g/mol. The smallest absolute Gasteiger partial charge is 0.246 e. The van der Waals surface area contributed by atoms with Gasteiger partial charge >= 0.3 is 0 Å². The zero-order valence-electron chi connectivity index (χ0n) is 7.80. The third-order valence-electron chi connectivity index (χ3n) is 2.23. The lowest BCUT2D eigenvalue weighted by atomic mass is 10.1. The lowest BCUT2D eigenvalue weighted by molar-refractivity contribution is -0.133. The number of morpholine rings is 1. The summed E-state index contributed by atoms with van der Waals surface area (Å²) < 4.78 is 18.8. The summed E-state index contributed by atoms with van der Waals surface area (Å²) in [5.74, 6) is -0.672. The maximum Gasteiger partial charge on any atom is 0.246 e. The van der Waals surface area contributed by atoms with Crippen molar-refractivity contribution in [2.45, 2.75) is 6.10 Å². The fraction of sp³-hybridized carbons (Fsp3) is 0.300. The molecule has 1 aromatic carbocycles. The molecule has 15 heavy (non-hydrogen) atoms. The van der Waals surface area contributed by atoms with Gasteiger partial charge in [-0.3, -0.25) is 4.79 Å². The average molecular weight is 230 g/mol. The highest BCUT2D eigenvalue weighted by Gasteiger charge is 2.23. The Morgan fingerprint density at radius 1 is 1.53 bits per heavy atom. The summed E-state index contributed by atoms with van der Waals surface area (Å²) >= 11 is 5.64. The van der Waals surface area contributed by atoms with Gasteiger partial charge in [-0.05, 0) is 6.07 Å². The van der Waals surface area contributed by atoms with Crippen LogP contribution in [0.5, 0.6) is 0 Å². The summed E-state index contributed by atoms with van der Waals surface area (Å²) in [6, 6.07) is 4.73. The lowest BCUT2D eigenvalue weighted by Crippen LogP contribution is -2.38. The van der Waals surface area contributed by atoms with Crippen molar-refractivity contribution >= 4 is 17.5 Å². The minimum Gasteiger partial charge on any atom is -0.362 e. The third kappa shape index (κ3) is 2.11. The quantitative estimate of drug-likeness (QED) is 0.796. The van der Waals surface area contributed by atoms with E-state index in [4.69, 9.17) is 16.3 Å². The number of rotatable bonds is 1. The second-order valence-corrected chi connectivity index (χ2v) is 3.65. The molecule has 0 saturated carbocycles. The largest absolute Gasteiger partial charge is 0.362 e. The fourth-order valence-electron chi connectivity index (χ4n) is 1.46. The molecule has 1 amide bonds. The molecule has 0 radical (unpaired) electrons. The van der Waals surface area contributed by atoms with Crippen LogP contribution in [0.4, 0.5) is 4.39 Å². The van der Waals surface area contributed by atoms with Crippen molar-refractivity contribution in [3.8, 4) is 0 Å². The number of benzene rings is 1. The Hall–Kier alpha value is -1.13. The van der Waals surface area contributed by atoms with Gasteiger partial charge in [0.05, 0.1) is 5.02 Å². The van der Waals surface area contributed by atoms with Gasteiger partial charge in [0.25, 0.3) is 0 Å². The van der Waals surface area contributed by atoms with E-state index < -0.39 is 11.9 Å². The van der Waals surface area contributed by atoms with Gasteiger partial charge in [-0.2, -0.15) is 0 Å². The molecule has 1 fully saturated rings. The normalized spacial score (nSPS) is 21.2. The predicted molar refractivity (Wildman–Crippen MR) is 53.1 cm³/mol. The topological polar surface area (TPSA) is 38.3 Å². The maximum atomic E-state index is 13.6. The van der Waals surface area contributed by atoms with Gasteiger partial charge in [-0.25, -0.2) is 4.39 Å². The van der Waals surface area contributed by atoms with Crippen molar-refractivity contribution in [1.82, 2.24) is 5.32 Å². The average Bonchev–Trinajstić information content (AvgIpc) is 2.24. The van der Waals surface area contributed by atoms with Crippen LogP contribution in [0, 0.1) is 5.82 Å². The zero-order chi connectivity index (χ0) is 10.8. The van der Waals surface area contributed by atoms with E-state index in [1.165, 1.54) is 6.07 Å². The van der Waals surface area contributed by atoms with Crippen molar-refractivity contribution in [3.63, 3.8) is 0 Å². The van der Waals surface area contributed by atoms with Gasteiger partial charge in [0.2, 0.25) is 5.91 Å². The molecule has 5 heteroatoms. The van der Waals surface area contributed by atoms with E-state index in [1.807, 2.05) is 0 Å². The summed E-state index contributed by atoms with van der Waals surface area (Å²) in [6.07, 6.45) is -0.457. The van der Waals surface area contributed by atoms with E-state index in [0.29, 0.717) is 5.56 Å². The van der Waals surface area contributed by atoms with Crippen LogP contribution in [-0.2, 0) is 9.53 Å². The molecule has 1 atom stereocenters. The van der Waals surface area contributed by atoms with E-state index in [-0.39, 0.29) is 24.1 Å². The molecule has 1 saturated heterocycles. The first-order chi connectivity index (χ1) is 7.18. The molecule has 1 N–H and O–H groups in total. The summed E-state index contributed by atoms with van der Waals surface area (Å²) in [4.78, 5) is 10.8. The predicted octanol–water partition coefficient (Wildman–Crippen LogP) is 1.67. The Balaban J connectivity index is 2.22. The lowest BCUT2D eigenvalue weighted by Gasteiger charge is -2.23. The number of ether oxygens (including phenoxy) is 1. The second kappa shape index (κ2) is 4.16. The molecule has 0 aliphatic carbocycles. The van der Waals surface area contributed by atoms with Crippen LogP contribution >= 0.6 is 11.6 Å². The fourth-order valence-corrected chi connectivity index (χ4v) is 1.64. The molecule has 0 aromatic heterocycles. The van der Waals surface area contributed by atoms with Crippen molar-refractivity contribution in [1.29, 1.82) is 0 Å². The molecular formula is C10H9ClFNO2. The van der Waals surface area contributed by atoms with Gasteiger partial charge < -0.3 is 10.1 Å². The highest BCUT2D eigenvalue weighted by molar-refractivity contribution is 6.30. The van der Waals surface area contributed by atoms with Gasteiger partial charge in [-0.1, -0.05) is 23.7 Å². The molecular weight excluding hydrogens is 221 g/mol. The number of carbonyl (C=O) groups excluding carboxylic acids is 1. The molecule has 1 unspecified atom stereocenters. The van der Waals surface area contributed by atoms with Gasteiger partial charge in [0, 0.05) is 12.1 Å². The van der Waals surface area contributed by atoms with Crippen LogP contribution in [0.2, 0.25) is 5.02 Å². The Kier molecular flexibility index (Phi) is 2.88. The first kappa shape index (κ1) is 10.4. The molecule has 80 valence electrons. The Labute approximate surface area is 91.2 Å². The number of halogens is 2. The molecule has 2 rings (SSSR count). The van der Waals surface area contributed by atoms with Crippen molar-refractivity contribution in [2.24, 2.45) is 0 Å². The van der Waals surface area contributed by atoms with Crippen molar-refractivity contribution in [2.75, 3.05) is 13.2 Å². The van der Waals surface area contributed by atoms with E-state index in [1.54, 1.807) is 12.1 Å². The zero-order valence-corrected chi connectivity index (χ0v) is 8.55. The number of amides is 1. The highest BCUT2D eigenvalue weighted by Crippen LogP contribution is 2.26. The molecule has 3 nitrogen and oxygen atoms in total. The van der Waals surface area contributed by atoms with Crippen LogP contribution < -0.4 is 5.32 Å². The number of hydrogen-bond acceptors (Lipinski definition) is 2. The standard InChI is InChI=1S/C10H9ClFNO2/c11-7-3-1-2-6(10(7)12)8-4-13-9(14)5-15-8/h1-3,8H,4-5H2,(H,13,14). The summed E-state index contributed by atoms with van der Waals surface area (Å²) in [6.45, 7) is 0.229. The highest BCUT2D eigenvalue weighted by atomic mass is 35.5.